The lowest BCUT2D eigenvalue weighted by Gasteiger charge is -2.38. The first kappa shape index (κ1) is 15.4. The number of rotatable bonds is 1. The van der Waals surface area contributed by atoms with Crippen LogP contribution in [0.4, 0.5) is 4.39 Å². The number of amides is 1. The molecule has 3 heterocycles. The Labute approximate surface area is 150 Å². The maximum Gasteiger partial charge on any atom is 0.270 e. The fraction of sp³-hybridized carbons (Fsp3) is 0.286. The first-order chi connectivity index (χ1) is 12.6. The minimum Gasteiger partial charge on any atom is -0.492 e. The van der Waals surface area contributed by atoms with Crippen LogP contribution in [0, 0.1) is 5.82 Å². The molecule has 1 aromatic heterocycles. The molecule has 132 valence electrons. The van der Waals surface area contributed by atoms with E-state index in [1.807, 2.05) is 17.0 Å². The topological polar surface area (TPSA) is 45.3 Å². The second-order valence-electron chi connectivity index (χ2n) is 7.27. The van der Waals surface area contributed by atoms with E-state index < -0.39 is 0 Å². The Morgan fingerprint density at radius 3 is 2.77 bits per heavy atom. The van der Waals surface area contributed by atoms with E-state index in [0.29, 0.717) is 25.4 Å². The molecule has 0 bridgehead atoms. The van der Waals surface area contributed by atoms with Gasteiger partial charge in [-0.25, -0.2) is 4.39 Å². The number of hydrogen-bond donors (Lipinski definition) is 1. The summed E-state index contributed by atoms with van der Waals surface area (Å²) in [4.78, 5) is 17.9. The van der Waals surface area contributed by atoms with Gasteiger partial charge in [-0.15, -0.1) is 0 Å². The molecule has 2 aromatic carbocycles. The van der Waals surface area contributed by atoms with E-state index in [0.717, 1.165) is 29.5 Å². The van der Waals surface area contributed by atoms with Crippen molar-refractivity contribution in [3.8, 4) is 5.75 Å². The molecule has 0 atom stereocenters. The molecule has 0 aliphatic carbocycles. The van der Waals surface area contributed by atoms with Crippen LogP contribution in [0.15, 0.2) is 48.5 Å². The molecule has 0 unspecified atom stereocenters. The Kier molecular flexibility index (Phi) is 3.32. The molecule has 0 radical (unpaired) electrons. The van der Waals surface area contributed by atoms with Crippen LogP contribution in [-0.4, -0.2) is 35.5 Å². The maximum atomic E-state index is 13.4. The van der Waals surface area contributed by atoms with Gasteiger partial charge in [-0.3, -0.25) is 4.79 Å². The minimum absolute atomic E-state index is 0.0244. The number of carbonyl (C=O) groups excluding carboxylic acids is 1. The summed E-state index contributed by atoms with van der Waals surface area (Å²) >= 11 is 0. The molecule has 4 nitrogen and oxygen atoms in total. The van der Waals surface area contributed by atoms with Gasteiger partial charge in [0.2, 0.25) is 0 Å². The summed E-state index contributed by atoms with van der Waals surface area (Å²) in [6, 6.07) is 14.5. The smallest absolute Gasteiger partial charge is 0.270 e. The van der Waals surface area contributed by atoms with E-state index in [4.69, 9.17) is 4.74 Å². The molecule has 2 aliphatic heterocycles. The first-order valence-corrected chi connectivity index (χ1v) is 8.95. The number of halogens is 1. The number of carbonyl (C=O) groups is 1. The number of H-pyrrole nitrogens is 1. The molecule has 1 saturated heterocycles. The van der Waals surface area contributed by atoms with Crippen molar-refractivity contribution in [1.82, 2.24) is 9.88 Å². The molecule has 0 saturated carbocycles. The highest BCUT2D eigenvalue weighted by molar-refractivity contribution is 5.98. The quantitative estimate of drug-likeness (QED) is 0.724. The molecular formula is C21H19FN2O2. The lowest BCUT2D eigenvalue weighted by Crippen LogP contribution is -2.46. The van der Waals surface area contributed by atoms with E-state index in [2.05, 4.69) is 17.1 Å². The van der Waals surface area contributed by atoms with Crippen LogP contribution in [0.3, 0.4) is 0 Å². The van der Waals surface area contributed by atoms with Crippen molar-refractivity contribution in [2.24, 2.45) is 0 Å². The van der Waals surface area contributed by atoms with Crippen molar-refractivity contribution in [3.05, 3.63) is 65.6 Å². The largest absolute Gasteiger partial charge is 0.492 e. The number of benzene rings is 2. The van der Waals surface area contributed by atoms with Crippen molar-refractivity contribution in [1.29, 1.82) is 0 Å². The summed E-state index contributed by atoms with van der Waals surface area (Å²) in [6.45, 7) is 2.08. The van der Waals surface area contributed by atoms with E-state index >= 15 is 0 Å². The van der Waals surface area contributed by atoms with Gasteiger partial charge in [-0.05, 0) is 43.2 Å². The van der Waals surface area contributed by atoms with Crippen molar-refractivity contribution >= 4 is 16.8 Å². The van der Waals surface area contributed by atoms with Crippen LogP contribution in [0.5, 0.6) is 5.75 Å². The SMILES string of the molecule is O=C(c1cc2cc(F)ccc2[nH]1)N1CCC2(CC1)COc1ccccc12. The number of likely N-dealkylation sites (tertiary alicyclic amines) is 1. The van der Waals surface area contributed by atoms with Crippen LogP contribution >= 0.6 is 0 Å². The molecule has 2 aliphatic rings. The highest BCUT2D eigenvalue weighted by atomic mass is 19.1. The van der Waals surface area contributed by atoms with Crippen LogP contribution in [0.25, 0.3) is 10.9 Å². The lowest BCUT2D eigenvalue weighted by molar-refractivity contribution is 0.0642. The number of hydrogen-bond acceptors (Lipinski definition) is 2. The van der Waals surface area contributed by atoms with Gasteiger partial charge < -0.3 is 14.6 Å². The second-order valence-corrected chi connectivity index (χ2v) is 7.27. The van der Waals surface area contributed by atoms with Crippen molar-refractivity contribution in [2.45, 2.75) is 18.3 Å². The maximum absolute atomic E-state index is 13.4. The molecule has 26 heavy (non-hydrogen) atoms. The number of piperidine rings is 1. The summed E-state index contributed by atoms with van der Waals surface area (Å²) in [7, 11) is 0. The van der Waals surface area contributed by atoms with E-state index in [1.54, 1.807) is 12.1 Å². The third-order valence-electron chi connectivity index (χ3n) is 5.78. The molecule has 3 aromatic rings. The fourth-order valence-corrected chi connectivity index (χ4v) is 4.26. The molecule has 5 heteroatoms. The monoisotopic (exact) mass is 350 g/mol. The van der Waals surface area contributed by atoms with Gasteiger partial charge in [0.15, 0.2) is 0 Å². The summed E-state index contributed by atoms with van der Waals surface area (Å²) < 4.78 is 19.2. The summed E-state index contributed by atoms with van der Waals surface area (Å²) in [5, 5.41) is 0.722. The van der Waals surface area contributed by atoms with Gasteiger partial charge in [0.1, 0.15) is 17.3 Å². The predicted molar refractivity (Wildman–Crippen MR) is 97.0 cm³/mol. The molecular weight excluding hydrogens is 331 g/mol. The third-order valence-corrected chi connectivity index (χ3v) is 5.78. The Hall–Kier alpha value is -2.82. The number of nitrogens with zero attached hydrogens (tertiary/aromatic N) is 1. The van der Waals surface area contributed by atoms with E-state index in [1.165, 1.54) is 17.7 Å². The number of aromatic nitrogens is 1. The number of nitrogens with one attached hydrogen (secondary N) is 1. The van der Waals surface area contributed by atoms with Crippen LogP contribution in [0.2, 0.25) is 0 Å². The standard InChI is InChI=1S/C21H19FN2O2/c22-15-5-6-17-14(11-15)12-18(23-17)20(25)24-9-7-21(8-10-24)13-26-19-4-2-1-3-16(19)21/h1-6,11-12,23H,7-10,13H2. The Morgan fingerprint density at radius 1 is 1.12 bits per heavy atom. The first-order valence-electron chi connectivity index (χ1n) is 8.95. The highest BCUT2D eigenvalue weighted by Crippen LogP contribution is 2.45. The van der Waals surface area contributed by atoms with Gasteiger partial charge in [0.25, 0.3) is 5.91 Å². The molecule has 1 N–H and O–H groups in total. The Balaban J connectivity index is 1.36. The zero-order valence-electron chi connectivity index (χ0n) is 14.3. The molecule has 1 spiro atoms. The van der Waals surface area contributed by atoms with Crippen molar-refractivity contribution < 1.29 is 13.9 Å². The van der Waals surface area contributed by atoms with Gasteiger partial charge >= 0.3 is 0 Å². The van der Waals surface area contributed by atoms with Crippen molar-refractivity contribution in [2.75, 3.05) is 19.7 Å². The Bertz CT molecular complexity index is 1000. The summed E-state index contributed by atoms with van der Waals surface area (Å²) in [6.07, 6.45) is 1.79. The van der Waals surface area contributed by atoms with Crippen LogP contribution in [-0.2, 0) is 5.41 Å². The number of para-hydroxylation sites is 1. The zero-order valence-corrected chi connectivity index (χ0v) is 14.3. The average molecular weight is 350 g/mol. The van der Waals surface area contributed by atoms with Gasteiger partial charge in [-0.1, -0.05) is 18.2 Å². The predicted octanol–water partition coefficient (Wildman–Crippen LogP) is 3.87. The number of aromatic amines is 1. The van der Waals surface area contributed by atoms with E-state index in [-0.39, 0.29) is 17.1 Å². The number of ether oxygens (including phenoxy) is 1. The fourth-order valence-electron chi connectivity index (χ4n) is 4.26. The number of fused-ring (bicyclic) bond motifs is 3. The van der Waals surface area contributed by atoms with Gasteiger partial charge in [0.05, 0.1) is 6.61 Å². The highest BCUT2D eigenvalue weighted by Gasteiger charge is 2.43. The Morgan fingerprint density at radius 2 is 1.92 bits per heavy atom. The molecule has 1 amide bonds. The van der Waals surface area contributed by atoms with Crippen LogP contribution < -0.4 is 4.74 Å². The normalized spacial score (nSPS) is 18.1. The van der Waals surface area contributed by atoms with Gasteiger partial charge in [0, 0.05) is 35.0 Å². The minimum atomic E-state index is -0.296. The van der Waals surface area contributed by atoms with Crippen molar-refractivity contribution in [3.63, 3.8) is 0 Å². The average Bonchev–Trinajstić information content (AvgIpc) is 3.24. The molecule has 1 fully saturated rings. The molecule has 5 rings (SSSR count). The van der Waals surface area contributed by atoms with Crippen LogP contribution in [0.1, 0.15) is 28.9 Å². The second kappa shape index (κ2) is 5.59. The van der Waals surface area contributed by atoms with Gasteiger partial charge in [-0.2, -0.15) is 0 Å². The lowest BCUT2D eigenvalue weighted by atomic mass is 9.74. The third kappa shape index (κ3) is 2.30. The zero-order chi connectivity index (χ0) is 17.7. The van der Waals surface area contributed by atoms with E-state index in [9.17, 15) is 9.18 Å². The summed E-state index contributed by atoms with van der Waals surface area (Å²) in [5.74, 6) is 0.656. The summed E-state index contributed by atoms with van der Waals surface area (Å²) in [5.41, 5.74) is 2.59.